The number of ether oxygens (including phenoxy) is 1. The summed E-state index contributed by atoms with van der Waals surface area (Å²) in [6, 6.07) is 4.01. The molecule has 2 rings (SSSR count). The van der Waals surface area contributed by atoms with Gasteiger partial charge in [-0.15, -0.1) is 0 Å². The summed E-state index contributed by atoms with van der Waals surface area (Å²) in [5, 5.41) is 0. The first-order valence-electron chi connectivity index (χ1n) is 6.68. The lowest BCUT2D eigenvalue weighted by Gasteiger charge is -2.27. The number of nitrogens with zero attached hydrogens (tertiary/aromatic N) is 2. The van der Waals surface area contributed by atoms with Gasteiger partial charge in [-0.1, -0.05) is 6.07 Å². The molecule has 4 heteroatoms. The molecule has 4 nitrogen and oxygen atoms in total. The van der Waals surface area contributed by atoms with Crippen LogP contribution in [0.25, 0.3) is 0 Å². The van der Waals surface area contributed by atoms with Gasteiger partial charge in [0.25, 0.3) is 0 Å². The van der Waals surface area contributed by atoms with Gasteiger partial charge >= 0.3 is 0 Å². The number of rotatable bonds is 5. The maximum absolute atomic E-state index is 5.74. The zero-order valence-corrected chi connectivity index (χ0v) is 11.1. The maximum atomic E-state index is 5.74. The summed E-state index contributed by atoms with van der Waals surface area (Å²) in [5.41, 5.74) is 7.99. The lowest BCUT2D eigenvalue weighted by molar-refractivity contribution is 0.0548. The average molecular weight is 249 g/mol. The van der Waals surface area contributed by atoms with Gasteiger partial charge < -0.3 is 15.4 Å². The van der Waals surface area contributed by atoms with Crippen LogP contribution in [0.4, 0.5) is 0 Å². The lowest BCUT2D eigenvalue weighted by Crippen LogP contribution is -2.30. The number of pyridine rings is 1. The van der Waals surface area contributed by atoms with Crippen LogP contribution in [0.5, 0.6) is 0 Å². The molecule has 2 heterocycles. The van der Waals surface area contributed by atoms with Gasteiger partial charge in [0.15, 0.2) is 0 Å². The summed E-state index contributed by atoms with van der Waals surface area (Å²) in [5.74, 6) is 0.758. The van der Waals surface area contributed by atoms with Crippen molar-refractivity contribution in [3.05, 3.63) is 29.6 Å². The number of nitrogens with two attached hydrogens (primary N) is 1. The molecule has 0 bridgehead atoms. The molecule has 100 valence electrons. The van der Waals surface area contributed by atoms with Crippen molar-refractivity contribution in [1.29, 1.82) is 0 Å². The Hall–Kier alpha value is -0.970. The van der Waals surface area contributed by atoms with Crippen molar-refractivity contribution in [1.82, 2.24) is 9.88 Å². The van der Waals surface area contributed by atoms with Crippen molar-refractivity contribution in [2.75, 3.05) is 26.8 Å². The molecule has 0 spiro atoms. The third kappa shape index (κ3) is 3.77. The van der Waals surface area contributed by atoms with Gasteiger partial charge in [-0.25, -0.2) is 0 Å². The Morgan fingerprint density at radius 3 is 2.94 bits per heavy atom. The third-order valence-corrected chi connectivity index (χ3v) is 3.53. The van der Waals surface area contributed by atoms with Crippen molar-refractivity contribution in [3.63, 3.8) is 0 Å². The number of hydrogen-bond acceptors (Lipinski definition) is 4. The molecular formula is C14H23N3O. The van der Waals surface area contributed by atoms with Gasteiger partial charge in [-0.2, -0.15) is 0 Å². The Morgan fingerprint density at radius 2 is 2.22 bits per heavy atom. The third-order valence-electron chi connectivity index (χ3n) is 3.53. The molecule has 1 saturated heterocycles. The average Bonchev–Trinajstić information content (AvgIpc) is 2.40. The van der Waals surface area contributed by atoms with E-state index in [1.807, 2.05) is 12.3 Å². The predicted octanol–water partition coefficient (Wildman–Crippen LogP) is 1.40. The molecule has 2 N–H and O–H groups in total. The van der Waals surface area contributed by atoms with Crippen molar-refractivity contribution < 1.29 is 4.74 Å². The van der Waals surface area contributed by atoms with E-state index in [4.69, 9.17) is 10.5 Å². The maximum Gasteiger partial charge on any atom is 0.0588 e. The van der Waals surface area contributed by atoms with Crippen LogP contribution in [-0.4, -0.2) is 36.7 Å². The van der Waals surface area contributed by atoms with Crippen LogP contribution in [-0.2, 0) is 17.8 Å². The normalized spacial score (nSPS) is 17.3. The Morgan fingerprint density at radius 1 is 1.44 bits per heavy atom. The van der Waals surface area contributed by atoms with E-state index in [2.05, 4.69) is 23.0 Å². The first kappa shape index (κ1) is 13.5. The van der Waals surface area contributed by atoms with Gasteiger partial charge in [-0.05, 0) is 37.4 Å². The molecule has 0 saturated carbocycles. The SMILES string of the molecule is CN(Cc1ncccc1CN)CC1CCOCC1. The fourth-order valence-electron chi connectivity index (χ4n) is 2.49. The Bertz CT molecular complexity index is 364. The van der Waals surface area contributed by atoms with E-state index >= 15 is 0 Å². The molecule has 0 radical (unpaired) electrons. The van der Waals surface area contributed by atoms with Crippen LogP contribution in [0.2, 0.25) is 0 Å². The number of aromatic nitrogens is 1. The minimum Gasteiger partial charge on any atom is -0.381 e. The summed E-state index contributed by atoms with van der Waals surface area (Å²) in [7, 11) is 2.16. The fraction of sp³-hybridized carbons (Fsp3) is 0.643. The van der Waals surface area contributed by atoms with Crippen molar-refractivity contribution >= 4 is 0 Å². The molecule has 0 atom stereocenters. The van der Waals surface area contributed by atoms with E-state index in [1.165, 1.54) is 12.8 Å². The lowest BCUT2D eigenvalue weighted by atomic mass is 10.00. The molecule has 1 aliphatic heterocycles. The second-order valence-corrected chi connectivity index (χ2v) is 5.07. The smallest absolute Gasteiger partial charge is 0.0588 e. The Kier molecular flexibility index (Phi) is 5.11. The topological polar surface area (TPSA) is 51.4 Å². The quantitative estimate of drug-likeness (QED) is 0.857. The van der Waals surface area contributed by atoms with Crippen molar-refractivity contribution in [2.24, 2.45) is 11.7 Å². The highest BCUT2D eigenvalue weighted by Gasteiger charge is 2.16. The van der Waals surface area contributed by atoms with Crippen LogP contribution in [0.3, 0.4) is 0 Å². The largest absolute Gasteiger partial charge is 0.381 e. The summed E-state index contributed by atoms with van der Waals surface area (Å²) in [6.07, 6.45) is 4.20. The highest BCUT2D eigenvalue weighted by molar-refractivity contribution is 5.19. The Balaban J connectivity index is 1.87. The van der Waals surface area contributed by atoms with E-state index in [0.717, 1.165) is 43.5 Å². The van der Waals surface area contributed by atoms with E-state index in [0.29, 0.717) is 6.54 Å². The standard InChI is InChI=1S/C14H23N3O/c1-17(10-12-4-7-18-8-5-12)11-14-13(9-15)3-2-6-16-14/h2-3,6,12H,4-5,7-11,15H2,1H3. The zero-order valence-electron chi connectivity index (χ0n) is 11.1. The minimum absolute atomic E-state index is 0.564. The van der Waals surface area contributed by atoms with Crippen LogP contribution >= 0.6 is 0 Å². The van der Waals surface area contributed by atoms with E-state index in [9.17, 15) is 0 Å². The molecule has 0 aliphatic carbocycles. The Labute approximate surface area is 109 Å². The van der Waals surface area contributed by atoms with Gasteiger partial charge in [0.1, 0.15) is 0 Å². The van der Waals surface area contributed by atoms with Gasteiger partial charge in [-0.3, -0.25) is 4.98 Å². The predicted molar refractivity (Wildman–Crippen MR) is 72.0 cm³/mol. The summed E-state index contributed by atoms with van der Waals surface area (Å²) < 4.78 is 5.39. The molecular weight excluding hydrogens is 226 g/mol. The van der Waals surface area contributed by atoms with Crippen molar-refractivity contribution in [3.8, 4) is 0 Å². The van der Waals surface area contributed by atoms with Crippen LogP contribution in [0.1, 0.15) is 24.1 Å². The molecule has 18 heavy (non-hydrogen) atoms. The molecule has 0 aromatic carbocycles. The minimum atomic E-state index is 0.564. The molecule has 1 aromatic heterocycles. The molecule has 1 aromatic rings. The molecule has 0 unspecified atom stereocenters. The van der Waals surface area contributed by atoms with Crippen LogP contribution in [0, 0.1) is 5.92 Å². The van der Waals surface area contributed by atoms with Crippen LogP contribution < -0.4 is 5.73 Å². The van der Waals surface area contributed by atoms with E-state index in [1.54, 1.807) is 0 Å². The summed E-state index contributed by atoms with van der Waals surface area (Å²) >= 11 is 0. The number of hydrogen-bond donors (Lipinski definition) is 1. The highest BCUT2D eigenvalue weighted by Crippen LogP contribution is 2.17. The van der Waals surface area contributed by atoms with E-state index < -0.39 is 0 Å². The molecule has 1 aliphatic rings. The molecule has 1 fully saturated rings. The highest BCUT2D eigenvalue weighted by atomic mass is 16.5. The summed E-state index contributed by atoms with van der Waals surface area (Å²) in [4.78, 5) is 6.78. The zero-order chi connectivity index (χ0) is 12.8. The van der Waals surface area contributed by atoms with Gasteiger partial charge in [0, 0.05) is 39.0 Å². The first-order valence-corrected chi connectivity index (χ1v) is 6.68. The summed E-state index contributed by atoms with van der Waals surface area (Å²) in [6.45, 7) is 4.38. The van der Waals surface area contributed by atoms with Crippen molar-refractivity contribution in [2.45, 2.75) is 25.9 Å². The molecule has 0 amide bonds. The second-order valence-electron chi connectivity index (χ2n) is 5.07. The fourth-order valence-corrected chi connectivity index (χ4v) is 2.49. The van der Waals surface area contributed by atoms with Crippen LogP contribution in [0.15, 0.2) is 18.3 Å². The van der Waals surface area contributed by atoms with Gasteiger partial charge in [0.2, 0.25) is 0 Å². The van der Waals surface area contributed by atoms with E-state index in [-0.39, 0.29) is 0 Å². The van der Waals surface area contributed by atoms with Gasteiger partial charge in [0.05, 0.1) is 5.69 Å². The second kappa shape index (κ2) is 6.83. The monoisotopic (exact) mass is 249 g/mol. The first-order chi connectivity index (χ1) is 8.79.